The molecule has 0 atom stereocenters. The zero-order valence-corrected chi connectivity index (χ0v) is 16.3. The van der Waals surface area contributed by atoms with Crippen molar-refractivity contribution in [1.29, 1.82) is 0 Å². The highest BCUT2D eigenvalue weighted by Gasteiger charge is 2.29. The van der Waals surface area contributed by atoms with Gasteiger partial charge in [0.2, 0.25) is 0 Å². The van der Waals surface area contributed by atoms with Gasteiger partial charge < -0.3 is 20.5 Å². The van der Waals surface area contributed by atoms with Crippen molar-refractivity contribution in [2.45, 2.75) is 31.4 Å². The van der Waals surface area contributed by atoms with Gasteiger partial charge in [0.15, 0.2) is 5.82 Å². The standard InChI is InChI=1S/C16H27N5O2.2ClH/c1-22-11-16-19-14(12-8-13(17)9-12)10-15(20-16)18-2-3-21-4-6-23-7-5-21;;/h10,12-13H,2-9,11,17H2,1H3,(H,18,19,20);2*1H. The van der Waals surface area contributed by atoms with Crippen LogP contribution in [-0.2, 0) is 16.1 Å². The third-order valence-corrected chi connectivity index (χ3v) is 4.50. The van der Waals surface area contributed by atoms with Gasteiger partial charge in [0.1, 0.15) is 12.4 Å². The van der Waals surface area contributed by atoms with E-state index < -0.39 is 0 Å². The summed E-state index contributed by atoms with van der Waals surface area (Å²) in [7, 11) is 1.67. The molecule has 3 N–H and O–H groups in total. The molecule has 2 fully saturated rings. The number of nitrogens with one attached hydrogen (secondary N) is 1. The number of ether oxygens (including phenoxy) is 2. The number of aromatic nitrogens is 2. The number of methoxy groups -OCH3 is 1. The Morgan fingerprint density at radius 3 is 2.64 bits per heavy atom. The van der Waals surface area contributed by atoms with Crippen LogP contribution < -0.4 is 11.1 Å². The zero-order valence-electron chi connectivity index (χ0n) is 14.6. The van der Waals surface area contributed by atoms with Crippen LogP contribution in [0.25, 0.3) is 0 Å². The number of morpholine rings is 1. The second-order valence-corrected chi connectivity index (χ2v) is 6.34. The predicted octanol–water partition coefficient (Wildman–Crippen LogP) is 1.42. The van der Waals surface area contributed by atoms with Crippen LogP contribution in [0.15, 0.2) is 6.07 Å². The van der Waals surface area contributed by atoms with Crippen LogP contribution in [-0.4, -0.2) is 67.4 Å². The van der Waals surface area contributed by atoms with E-state index in [0.717, 1.165) is 69.6 Å². The third-order valence-electron chi connectivity index (χ3n) is 4.50. The number of halogens is 2. The summed E-state index contributed by atoms with van der Waals surface area (Å²) in [5.74, 6) is 2.08. The molecule has 0 radical (unpaired) electrons. The van der Waals surface area contributed by atoms with Gasteiger partial charge in [-0.1, -0.05) is 0 Å². The van der Waals surface area contributed by atoms with Gasteiger partial charge in [-0.15, -0.1) is 24.8 Å². The minimum atomic E-state index is 0. The molecule has 3 rings (SSSR count). The highest BCUT2D eigenvalue weighted by Crippen LogP contribution is 2.35. The van der Waals surface area contributed by atoms with Crippen molar-refractivity contribution in [3.05, 3.63) is 17.6 Å². The van der Waals surface area contributed by atoms with Crippen molar-refractivity contribution in [2.75, 3.05) is 51.8 Å². The Morgan fingerprint density at radius 1 is 1.28 bits per heavy atom. The first-order chi connectivity index (χ1) is 11.2. The fraction of sp³-hybridized carbons (Fsp3) is 0.750. The first-order valence-electron chi connectivity index (χ1n) is 8.41. The maximum Gasteiger partial charge on any atom is 0.156 e. The molecule has 1 aliphatic carbocycles. The van der Waals surface area contributed by atoms with Crippen molar-refractivity contribution in [2.24, 2.45) is 5.73 Å². The van der Waals surface area contributed by atoms with Gasteiger partial charge in [-0.2, -0.15) is 0 Å². The molecule has 0 amide bonds. The summed E-state index contributed by atoms with van der Waals surface area (Å²) < 4.78 is 10.6. The fourth-order valence-electron chi connectivity index (χ4n) is 3.08. The van der Waals surface area contributed by atoms with Crippen LogP contribution in [0.3, 0.4) is 0 Å². The van der Waals surface area contributed by atoms with E-state index in [1.807, 2.05) is 0 Å². The fourth-order valence-corrected chi connectivity index (χ4v) is 3.08. The molecule has 1 saturated carbocycles. The zero-order chi connectivity index (χ0) is 16.1. The largest absolute Gasteiger partial charge is 0.379 e. The van der Waals surface area contributed by atoms with Crippen molar-refractivity contribution >= 4 is 30.6 Å². The summed E-state index contributed by atoms with van der Waals surface area (Å²) in [6.45, 7) is 5.97. The number of nitrogens with zero attached hydrogens (tertiary/aromatic N) is 3. The lowest BCUT2D eigenvalue weighted by atomic mass is 9.78. The maximum atomic E-state index is 5.90. The first-order valence-corrected chi connectivity index (χ1v) is 8.41. The molecule has 0 bridgehead atoms. The highest BCUT2D eigenvalue weighted by molar-refractivity contribution is 5.85. The van der Waals surface area contributed by atoms with Gasteiger partial charge in [0, 0.05) is 57.0 Å². The molecule has 0 spiro atoms. The van der Waals surface area contributed by atoms with Crippen LogP contribution in [0.1, 0.15) is 30.3 Å². The Morgan fingerprint density at radius 2 is 2.00 bits per heavy atom. The number of hydrogen-bond donors (Lipinski definition) is 2. The van der Waals surface area contributed by atoms with Gasteiger partial charge in [-0.3, -0.25) is 4.90 Å². The SMILES string of the molecule is COCc1nc(NCCN2CCOCC2)cc(C2CC(N)C2)n1.Cl.Cl. The van der Waals surface area contributed by atoms with E-state index in [1.165, 1.54) is 0 Å². The molecule has 144 valence electrons. The monoisotopic (exact) mass is 393 g/mol. The average molecular weight is 394 g/mol. The van der Waals surface area contributed by atoms with E-state index in [9.17, 15) is 0 Å². The van der Waals surface area contributed by atoms with Gasteiger partial charge >= 0.3 is 0 Å². The lowest BCUT2D eigenvalue weighted by Gasteiger charge is -2.32. The predicted molar refractivity (Wildman–Crippen MR) is 103 cm³/mol. The molecule has 25 heavy (non-hydrogen) atoms. The van der Waals surface area contributed by atoms with Gasteiger partial charge in [0.05, 0.1) is 13.2 Å². The van der Waals surface area contributed by atoms with Crippen molar-refractivity contribution < 1.29 is 9.47 Å². The topological polar surface area (TPSA) is 85.5 Å². The summed E-state index contributed by atoms with van der Waals surface area (Å²) in [5.41, 5.74) is 6.99. The Labute approximate surface area is 161 Å². The van der Waals surface area contributed by atoms with Crippen molar-refractivity contribution in [1.82, 2.24) is 14.9 Å². The Kier molecular flexibility index (Phi) is 9.92. The quantitative estimate of drug-likeness (QED) is 0.723. The van der Waals surface area contributed by atoms with E-state index in [2.05, 4.69) is 26.3 Å². The minimum Gasteiger partial charge on any atom is -0.379 e. The number of hydrogen-bond acceptors (Lipinski definition) is 7. The molecule has 9 heteroatoms. The lowest BCUT2D eigenvalue weighted by molar-refractivity contribution is 0.0398. The molecular weight excluding hydrogens is 365 g/mol. The number of anilines is 1. The molecular formula is C16H29Cl2N5O2. The molecule has 1 saturated heterocycles. The molecule has 0 unspecified atom stereocenters. The Balaban J connectivity index is 0.00000156. The molecule has 1 aromatic heterocycles. The van der Waals surface area contributed by atoms with E-state index in [1.54, 1.807) is 7.11 Å². The minimum absolute atomic E-state index is 0. The second-order valence-electron chi connectivity index (χ2n) is 6.34. The van der Waals surface area contributed by atoms with Crippen molar-refractivity contribution in [3.63, 3.8) is 0 Å². The van der Waals surface area contributed by atoms with Crippen molar-refractivity contribution in [3.8, 4) is 0 Å². The second kappa shape index (κ2) is 11.1. The molecule has 0 aromatic carbocycles. The van der Waals surface area contributed by atoms with E-state index in [0.29, 0.717) is 18.6 Å². The summed E-state index contributed by atoms with van der Waals surface area (Å²) in [5, 5.41) is 3.43. The molecule has 1 aromatic rings. The molecule has 7 nitrogen and oxygen atoms in total. The average Bonchev–Trinajstić information content (AvgIpc) is 2.53. The van der Waals surface area contributed by atoms with Gasteiger partial charge in [-0.25, -0.2) is 9.97 Å². The lowest BCUT2D eigenvalue weighted by Crippen LogP contribution is -2.39. The normalized spacial score (nSPS) is 23.1. The van der Waals surface area contributed by atoms with Crippen LogP contribution in [0, 0.1) is 0 Å². The Hall–Kier alpha value is -0.700. The summed E-state index contributed by atoms with van der Waals surface area (Å²) >= 11 is 0. The van der Waals surface area contributed by atoms with Crippen LogP contribution in [0.5, 0.6) is 0 Å². The molecule has 1 aliphatic heterocycles. The smallest absolute Gasteiger partial charge is 0.156 e. The van der Waals surface area contributed by atoms with E-state index in [-0.39, 0.29) is 24.8 Å². The first kappa shape index (κ1) is 22.3. The van der Waals surface area contributed by atoms with Gasteiger partial charge in [-0.05, 0) is 12.8 Å². The van der Waals surface area contributed by atoms with Crippen LogP contribution >= 0.6 is 24.8 Å². The highest BCUT2D eigenvalue weighted by atomic mass is 35.5. The van der Waals surface area contributed by atoms with E-state index in [4.69, 9.17) is 15.2 Å². The summed E-state index contributed by atoms with van der Waals surface area (Å²) in [4.78, 5) is 11.6. The van der Waals surface area contributed by atoms with Crippen LogP contribution in [0.2, 0.25) is 0 Å². The molecule has 2 aliphatic rings. The maximum absolute atomic E-state index is 5.90. The summed E-state index contributed by atoms with van der Waals surface area (Å²) in [6, 6.07) is 2.38. The Bertz CT molecular complexity index is 511. The van der Waals surface area contributed by atoms with Crippen LogP contribution in [0.4, 0.5) is 5.82 Å². The number of nitrogens with two attached hydrogens (primary N) is 1. The van der Waals surface area contributed by atoms with E-state index >= 15 is 0 Å². The summed E-state index contributed by atoms with van der Waals surface area (Å²) in [6.07, 6.45) is 2.02. The van der Waals surface area contributed by atoms with Gasteiger partial charge in [0.25, 0.3) is 0 Å². The third kappa shape index (κ3) is 6.51. The number of rotatable bonds is 7. The molecule has 2 heterocycles.